The van der Waals surface area contributed by atoms with Gasteiger partial charge in [-0.25, -0.2) is 8.42 Å². The zero-order valence-electron chi connectivity index (χ0n) is 19.7. The number of hydrogen-bond acceptors (Lipinski definition) is 8. The van der Waals surface area contributed by atoms with Crippen LogP contribution in [0.15, 0.2) is 70.1 Å². The largest absolute Gasteiger partial charge is 0.332 e. The number of hydrogen-bond donors (Lipinski definition) is 1. The molecule has 0 aromatic carbocycles. The third kappa shape index (κ3) is 8.34. The number of nitrogens with one attached hydrogen (secondary N) is 1. The van der Waals surface area contributed by atoms with Crippen molar-refractivity contribution in [2.24, 2.45) is 0 Å². The summed E-state index contributed by atoms with van der Waals surface area (Å²) in [7, 11) is -3.47. The van der Waals surface area contributed by atoms with Crippen molar-refractivity contribution in [2.75, 3.05) is 18.8 Å². The van der Waals surface area contributed by atoms with Gasteiger partial charge >= 0.3 is 0 Å². The normalized spacial score (nSPS) is 11.8. The maximum absolute atomic E-state index is 13.2. The molecule has 4 aromatic heterocycles. The number of carbonyl (C=O) groups excluding carboxylic acids is 1. The van der Waals surface area contributed by atoms with Crippen LogP contribution in [0.5, 0.6) is 0 Å². The number of rotatable bonds is 15. The van der Waals surface area contributed by atoms with Crippen LogP contribution in [-0.2, 0) is 41.0 Å². The van der Waals surface area contributed by atoms with E-state index in [2.05, 4.69) is 5.32 Å². The van der Waals surface area contributed by atoms with E-state index in [-0.39, 0.29) is 11.7 Å². The summed E-state index contributed by atoms with van der Waals surface area (Å²) in [5.41, 5.74) is 0. The van der Waals surface area contributed by atoms with Gasteiger partial charge in [0, 0.05) is 52.1 Å². The second-order valence-electron chi connectivity index (χ2n) is 8.15. The molecule has 4 heterocycles. The highest BCUT2D eigenvalue weighted by atomic mass is 32.2. The molecule has 0 fully saturated rings. The Bertz CT molecular complexity index is 1180. The lowest BCUT2D eigenvalue weighted by Crippen LogP contribution is -2.36. The molecule has 1 N–H and O–H groups in total. The first-order valence-corrected chi connectivity index (χ1v) is 16.7. The van der Waals surface area contributed by atoms with Crippen LogP contribution in [0.3, 0.4) is 0 Å². The van der Waals surface area contributed by atoms with Crippen molar-refractivity contribution in [3.05, 3.63) is 89.6 Å². The molecule has 4 rings (SSSR count). The van der Waals surface area contributed by atoms with Crippen molar-refractivity contribution >= 4 is 61.3 Å². The number of amides is 1. The Kier molecular flexibility index (Phi) is 10.3. The molecule has 11 heteroatoms. The lowest BCUT2D eigenvalue weighted by Gasteiger charge is -2.22. The Hall–Kier alpha value is -1.86. The summed E-state index contributed by atoms with van der Waals surface area (Å²) in [6, 6.07) is 15.9. The predicted molar refractivity (Wildman–Crippen MR) is 152 cm³/mol. The molecule has 36 heavy (non-hydrogen) atoms. The molecule has 0 unspecified atom stereocenters. The van der Waals surface area contributed by atoms with E-state index in [1.165, 1.54) is 0 Å². The fourth-order valence-electron chi connectivity index (χ4n) is 3.63. The summed E-state index contributed by atoms with van der Waals surface area (Å²) in [5, 5.41) is 11.1. The summed E-state index contributed by atoms with van der Waals surface area (Å²) in [6.45, 7) is 2.66. The second kappa shape index (κ2) is 13.6. The summed E-state index contributed by atoms with van der Waals surface area (Å²) < 4.78 is 27.9. The van der Waals surface area contributed by atoms with Gasteiger partial charge in [0.25, 0.3) is 0 Å². The average molecular weight is 580 g/mol. The summed E-state index contributed by atoms with van der Waals surface area (Å²) >= 11 is 6.41. The Morgan fingerprint density at radius 2 is 1.14 bits per heavy atom. The number of nitrogens with zero attached hydrogens (tertiary/aromatic N) is 2. The Morgan fingerprint density at radius 3 is 1.56 bits per heavy atom. The molecule has 0 saturated heterocycles. The van der Waals surface area contributed by atoms with Gasteiger partial charge in [-0.05, 0) is 45.8 Å². The minimum Gasteiger partial charge on any atom is -0.332 e. The molecule has 0 aliphatic carbocycles. The Balaban J connectivity index is 1.27. The average Bonchev–Trinajstić information content (AvgIpc) is 3.67. The Labute approximate surface area is 228 Å². The molecule has 6 nitrogen and oxygen atoms in total. The van der Waals surface area contributed by atoms with Crippen LogP contribution in [-0.4, -0.2) is 42.4 Å². The molecule has 0 atom stereocenters. The van der Waals surface area contributed by atoms with Crippen molar-refractivity contribution in [3.8, 4) is 0 Å². The number of carbonyl (C=O) groups is 1. The van der Waals surface area contributed by atoms with Gasteiger partial charge in [-0.15, -0.1) is 45.3 Å². The van der Waals surface area contributed by atoms with Crippen molar-refractivity contribution in [1.82, 2.24) is 14.5 Å². The smallest absolute Gasteiger partial charge is 0.224 e. The summed E-state index contributed by atoms with van der Waals surface area (Å²) in [5.74, 6) is 0.0515. The van der Waals surface area contributed by atoms with Crippen molar-refractivity contribution < 1.29 is 13.2 Å². The zero-order valence-corrected chi connectivity index (χ0v) is 23.8. The van der Waals surface area contributed by atoms with E-state index in [9.17, 15) is 13.2 Å². The Morgan fingerprint density at radius 1 is 0.694 bits per heavy atom. The molecule has 1 amide bonds. The molecule has 0 aliphatic heterocycles. The fraction of sp³-hybridized carbons (Fsp3) is 0.320. The van der Waals surface area contributed by atoms with E-state index in [0.717, 1.165) is 19.5 Å². The molecule has 0 spiro atoms. The first kappa shape index (κ1) is 27.2. The van der Waals surface area contributed by atoms with Gasteiger partial charge in [0.2, 0.25) is 15.9 Å². The van der Waals surface area contributed by atoms with Crippen LogP contribution < -0.4 is 5.32 Å². The summed E-state index contributed by atoms with van der Waals surface area (Å²) in [4.78, 5) is 19.2. The van der Waals surface area contributed by atoms with Crippen molar-refractivity contribution in [2.45, 2.75) is 32.6 Å². The van der Waals surface area contributed by atoms with Gasteiger partial charge < -0.3 is 10.2 Å². The molecule has 0 bridgehead atoms. The molecule has 0 aliphatic rings. The molecule has 0 radical (unpaired) electrons. The van der Waals surface area contributed by atoms with Crippen LogP contribution in [0.1, 0.15) is 25.9 Å². The first-order valence-electron chi connectivity index (χ1n) is 11.6. The summed E-state index contributed by atoms with van der Waals surface area (Å²) in [6.07, 6.45) is 0.324. The highest BCUT2D eigenvalue weighted by Gasteiger charge is 2.23. The van der Waals surface area contributed by atoms with Gasteiger partial charge in [0.1, 0.15) is 0 Å². The number of thiophene rings is 4. The van der Waals surface area contributed by atoms with E-state index in [1.807, 2.05) is 75.0 Å². The first-order chi connectivity index (χ1) is 17.5. The maximum Gasteiger partial charge on any atom is 0.224 e. The van der Waals surface area contributed by atoms with Crippen LogP contribution in [0.25, 0.3) is 0 Å². The highest BCUT2D eigenvalue weighted by molar-refractivity contribution is 7.89. The lowest BCUT2D eigenvalue weighted by atomic mass is 10.3. The quantitative estimate of drug-likeness (QED) is 0.190. The minimum absolute atomic E-state index is 0.00789. The SMILES string of the molecule is O=C(CCNCCS(=O)(=O)N(Cc1cccs1)Cc1cccs1)N(Cc1cccs1)Cc1cccs1. The van der Waals surface area contributed by atoms with E-state index < -0.39 is 10.0 Å². The topological polar surface area (TPSA) is 69.7 Å². The second-order valence-corrected chi connectivity index (χ2v) is 14.4. The van der Waals surface area contributed by atoms with Gasteiger partial charge in [-0.2, -0.15) is 4.31 Å². The van der Waals surface area contributed by atoms with Gasteiger partial charge in [0.05, 0.1) is 18.8 Å². The molecule has 192 valence electrons. The van der Waals surface area contributed by atoms with E-state index in [0.29, 0.717) is 45.7 Å². The van der Waals surface area contributed by atoms with Crippen molar-refractivity contribution in [3.63, 3.8) is 0 Å². The number of sulfonamides is 1. The minimum atomic E-state index is -3.47. The van der Waals surface area contributed by atoms with Gasteiger partial charge in [-0.3, -0.25) is 4.79 Å². The van der Waals surface area contributed by atoms with Gasteiger partial charge in [-0.1, -0.05) is 24.3 Å². The lowest BCUT2D eigenvalue weighted by molar-refractivity contribution is -0.132. The maximum atomic E-state index is 13.2. The fourth-order valence-corrected chi connectivity index (χ4v) is 8.00. The van der Waals surface area contributed by atoms with E-state index in [1.54, 1.807) is 49.7 Å². The zero-order chi connectivity index (χ0) is 25.2. The predicted octanol–water partition coefficient (Wildman–Crippen LogP) is 5.47. The van der Waals surface area contributed by atoms with Crippen LogP contribution in [0.2, 0.25) is 0 Å². The van der Waals surface area contributed by atoms with Gasteiger partial charge in [0.15, 0.2) is 0 Å². The molecular weight excluding hydrogens is 551 g/mol. The van der Waals surface area contributed by atoms with Crippen LogP contribution in [0.4, 0.5) is 0 Å². The van der Waals surface area contributed by atoms with Crippen LogP contribution >= 0.6 is 45.3 Å². The van der Waals surface area contributed by atoms with Crippen LogP contribution in [0, 0.1) is 0 Å². The molecular formula is C25H29N3O3S5. The molecule has 0 saturated carbocycles. The standard InChI is InChI=1S/C25H29N3O3S5/c29-25(27(17-21-5-1-12-32-21)18-22-6-2-13-33-22)9-10-26-11-16-36(30,31)28(19-23-7-3-14-34-23)20-24-8-4-15-35-24/h1-8,12-15,26H,9-11,16-20H2. The third-order valence-electron chi connectivity index (χ3n) is 5.48. The van der Waals surface area contributed by atoms with Crippen molar-refractivity contribution in [1.29, 1.82) is 0 Å². The van der Waals surface area contributed by atoms with E-state index in [4.69, 9.17) is 0 Å². The molecule has 4 aromatic rings. The highest BCUT2D eigenvalue weighted by Crippen LogP contribution is 2.21. The monoisotopic (exact) mass is 579 g/mol. The van der Waals surface area contributed by atoms with E-state index >= 15 is 0 Å². The third-order valence-corrected chi connectivity index (χ3v) is 10.7.